The van der Waals surface area contributed by atoms with E-state index in [0.29, 0.717) is 0 Å². The summed E-state index contributed by atoms with van der Waals surface area (Å²) in [5, 5.41) is 8.83. The SMILES string of the molecule is O=C(O)CC(NS(=O)(=O)c1ccc(I)cc1)C1CC1. The largest absolute Gasteiger partial charge is 0.481 e. The smallest absolute Gasteiger partial charge is 0.304 e. The van der Waals surface area contributed by atoms with Crippen LogP contribution in [-0.4, -0.2) is 25.5 Å². The van der Waals surface area contributed by atoms with E-state index in [9.17, 15) is 13.2 Å². The van der Waals surface area contributed by atoms with Gasteiger partial charge in [0, 0.05) is 9.61 Å². The van der Waals surface area contributed by atoms with Crippen molar-refractivity contribution in [3.8, 4) is 0 Å². The molecule has 1 atom stereocenters. The predicted octanol–water partition coefficient (Wildman–Crippen LogP) is 1.82. The molecule has 1 aromatic carbocycles. The van der Waals surface area contributed by atoms with Gasteiger partial charge in [-0.25, -0.2) is 13.1 Å². The lowest BCUT2D eigenvalue weighted by Gasteiger charge is -2.16. The number of carboxylic acid groups (broad SMARTS) is 1. The van der Waals surface area contributed by atoms with Gasteiger partial charge >= 0.3 is 5.97 Å². The van der Waals surface area contributed by atoms with Gasteiger partial charge in [-0.1, -0.05) is 0 Å². The molecule has 1 aromatic rings. The van der Waals surface area contributed by atoms with Crippen LogP contribution in [0.25, 0.3) is 0 Å². The fourth-order valence-electron chi connectivity index (χ4n) is 1.87. The summed E-state index contributed by atoms with van der Waals surface area (Å²) >= 11 is 2.09. The van der Waals surface area contributed by atoms with E-state index in [1.54, 1.807) is 12.1 Å². The molecule has 1 aliphatic rings. The van der Waals surface area contributed by atoms with E-state index >= 15 is 0 Å². The molecule has 2 rings (SSSR count). The van der Waals surface area contributed by atoms with Crippen molar-refractivity contribution in [3.63, 3.8) is 0 Å². The van der Waals surface area contributed by atoms with Crippen molar-refractivity contribution in [2.75, 3.05) is 0 Å². The first-order valence-electron chi connectivity index (χ1n) is 5.88. The van der Waals surface area contributed by atoms with Gasteiger partial charge in [0.15, 0.2) is 0 Å². The molecule has 1 fully saturated rings. The van der Waals surface area contributed by atoms with Crippen molar-refractivity contribution in [3.05, 3.63) is 27.8 Å². The van der Waals surface area contributed by atoms with E-state index in [0.717, 1.165) is 16.4 Å². The summed E-state index contributed by atoms with van der Waals surface area (Å²) in [7, 11) is -3.64. The Bertz CT molecular complexity index is 566. The molecule has 1 unspecified atom stereocenters. The topological polar surface area (TPSA) is 83.5 Å². The molecule has 0 heterocycles. The highest BCUT2D eigenvalue weighted by Crippen LogP contribution is 2.34. The molecular weight excluding hydrogens is 381 g/mol. The van der Waals surface area contributed by atoms with Gasteiger partial charge in [0.25, 0.3) is 0 Å². The highest BCUT2D eigenvalue weighted by Gasteiger charge is 2.35. The van der Waals surface area contributed by atoms with Crippen LogP contribution in [0.3, 0.4) is 0 Å². The second-order valence-electron chi connectivity index (χ2n) is 4.62. The quantitative estimate of drug-likeness (QED) is 0.720. The van der Waals surface area contributed by atoms with Crippen LogP contribution < -0.4 is 4.72 Å². The van der Waals surface area contributed by atoms with E-state index in [-0.39, 0.29) is 17.2 Å². The van der Waals surface area contributed by atoms with E-state index in [4.69, 9.17) is 5.11 Å². The second kappa shape index (κ2) is 5.76. The molecule has 0 aromatic heterocycles. The van der Waals surface area contributed by atoms with Crippen LogP contribution in [0, 0.1) is 9.49 Å². The zero-order valence-electron chi connectivity index (χ0n) is 10.0. The van der Waals surface area contributed by atoms with E-state index in [2.05, 4.69) is 27.3 Å². The number of rotatable bonds is 6. The van der Waals surface area contributed by atoms with Crippen molar-refractivity contribution in [2.45, 2.75) is 30.2 Å². The fourth-order valence-corrected chi connectivity index (χ4v) is 3.54. The van der Waals surface area contributed by atoms with E-state index in [1.807, 2.05) is 0 Å². The molecule has 1 aliphatic carbocycles. The Morgan fingerprint density at radius 2 is 1.95 bits per heavy atom. The maximum atomic E-state index is 12.2. The van der Waals surface area contributed by atoms with Gasteiger partial charge in [0.05, 0.1) is 11.3 Å². The number of hydrogen-bond donors (Lipinski definition) is 2. The van der Waals surface area contributed by atoms with Gasteiger partial charge in [-0.05, 0) is 65.6 Å². The Morgan fingerprint density at radius 1 is 1.37 bits per heavy atom. The molecule has 0 radical (unpaired) electrons. The van der Waals surface area contributed by atoms with Crippen LogP contribution >= 0.6 is 22.6 Å². The van der Waals surface area contributed by atoms with Gasteiger partial charge in [-0.2, -0.15) is 0 Å². The minimum atomic E-state index is -3.64. The summed E-state index contributed by atoms with van der Waals surface area (Å²) in [5.41, 5.74) is 0. The minimum absolute atomic E-state index is 0.148. The molecule has 0 spiro atoms. The molecule has 5 nitrogen and oxygen atoms in total. The third-order valence-corrected chi connectivity index (χ3v) is 5.24. The van der Waals surface area contributed by atoms with Gasteiger partial charge in [0.2, 0.25) is 10.0 Å². The maximum absolute atomic E-state index is 12.2. The monoisotopic (exact) mass is 395 g/mol. The third-order valence-electron chi connectivity index (χ3n) is 3.02. The van der Waals surface area contributed by atoms with Crippen molar-refractivity contribution in [1.29, 1.82) is 0 Å². The number of sulfonamides is 1. The minimum Gasteiger partial charge on any atom is -0.481 e. The number of benzene rings is 1. The standard InChI is InChI=1S/C12H14INO4S/c13-9-3-5-10(6-4-9)19(17,18)14-11(7-12(15)16)8-1-2-8/h3-6,8,11,14H,1-2,7H2,(H,15,16). The van der Waals surface area contributed by atoms with Gasteiger partial charge in [-0.15, -0.1) is 0 Å². The fraction of sp³-hybridized carbons (Fsp3) is 0.417. The Hall–Kier alpha value is -0.670. The summed E-state index contributed by atoms with van der Waals surface area (Å²) in [6.45, 7) is 0. The van der Waals surface area contributed by atoms with Gasteiger partial charge in [-0.3, -0.25) is 4.79 Å². The maximum Gasteiger partial charge on any atom is 0.304 e. The number of nitrogens with one attached hydrogen (secondary N) is 1. The molecule has 0 amide bonds. The van der Waals surface area contributed by atoms with Crippen molar-refractivity contribution >= 4 is 38.6 Å². The number of carboxylic acids is 1. The molecule has 7 heteroatoms. The lowest BCUT2D eigenvalue weighted by atomic mass is 10.1. The molecular formula is C12H14INO4S. The van der Waals surface area contributed by atoms with E-state index in [1.165, 1.54) is 12.1 Å². The summed E-state index contributed by atoms with van der Waals surface area (Å²) in [5.74, 6) is -0.836. The van der Waals surface area contributed by atoms with Crippen LogP contribution in [0.2, 0.25) is 0 Å². The normalized spacial score (nSPS) is 17.1. The first-order chi connectivity index (χ1) is 8.88. The molecule has 0 bridgehead atoms. The average molecular weight is 395 g/mol. The highest BCUT2D eigenvalue weighted by atomic mass is 127. The lowest BCUT2D eigenvalue weighted by Crippen LogP contribution is -2.38. The summed E-state index contributed by atoms with van der Waals surface area (Å²) in [6.07, 6.45) is 1.59. The van der Waals surface area contributed by atoms with Gasteiger partial charge in [0.1, 0.15) is 0 Å². The highest BCUT2D eigenvalue weighted by molar-refractivity contribution is 14.1. The van der Waals surface area contributed by atoms with Crippen LogP contribution in [0.15, 0.2) is 29.2 Å². The molecule has 19 heavy (non-hydrogen) atoms. The number of carbonyl (C=O) groups is 1. The molecule has 1 saturated carbocycles. The van der Waals surface area contributed by atoms with E-state index < -0.39 is 22.0 Å². The third kappa shape index (κ3) is 4.15. The van der Waals surface area contributed by atoms with Crippen LogP contribution in [-0.2, 0) is 14.8 Å². The first kappa shape index (κ1) is 14.7. The van der Waals surface area contributed by atoms with Crippen LogP contribution in [0.1, 0.15) is 19.3 Å². The lowest BCUT2D eigenvalue weighted by molar-refractivity contribution is -0.137. The molecule has 2 N–H and O–H groups in total. The number of halogens is 1. The number of hydrogen-bond acceptors (Lipinski definition) is 3. The van der Waals surface area contributed by atoms with Crippen molar-refractivity contribution in [2.24, 2.45) is 5.92 Å². The molecule has 0 saturated heterocycles. The zero-order valence-corrected chi connectivity index (χ0v) is 13.0. The van der Waals surface area contributed by atoms with Gasteiger partial charge < -0.3 is 5.11 Å². The Labute approximate surface area is 125 Å². The zero-order chi connectivity index (χ0) is 14.0. The molecule has 104 valence electrons. The first-order valence-corrected chi connectivity index (χ1v) is 8.44. The molecule has 0 aliphatic heterocycles. The summed E-state index contributed by atoms with van der Waals surface area (Å²) < 4.78 is 27.8. The summed E-state index contributed by atoms with van der Waals surface area (Å²) in [4.78, 5) is 10.9. The Kier molecular flexibility index (Phi) is 4.46. The Morgan fingerprint density at radius 3 is 2.42 bits per heavy atom. The van der Waals surface area contributed by atoms with Crippen molar-refractivity contribution in [1.82, 2.24) is 4.72 Å². The van der Waals surface area contributed by atoms with Crippen LogP contribution in [0.5, 0.6) is 0 Å². The Balaban J connectivity index is 2.14. The van der Waals surface area contributed by atoms with Crippen molar-refractivity contribution < 1.29 is 18.3 Å². The number of aliphatic carboxylic acids is 1. The van der Waals surface area contributed by atoms with Crippen LogP contribution in [0.4, 0.5) is 0 Å². The average Bonchev–Trinajstić information content (AvgIpc) is 3.11. The second-order valence-corrected chi connectivity index (χ2v) is 7.58. The predicted molar refractivity (Wildman–Crippen MR) is 78.2 cm³/mol. The summed E-state index contributed by atoms with van der Waals surface area (Å²) in [6, 6.07) is 5.95.